The lowest BCUT2D eigenvalue weighted by Crippen LogP contribution is -2.39. The predicted molar refractivity (Wildman–Crippen MR) is 103 cm³/mol. The number of anilines is 1. The van der Waals surface area contributed by atoms with Gasteiger partial charge in [0.05, 0.1) is 6.54 Å². The third-order valence-corrected chi connectivity index (χ3v) is 4.17. The van der Waals surface area contributed by atoms with Crippen LogP contribution in [-0.4, -0.2) is 50.2 Å². The number of benzene rings is 1. The molecule has 1 N–H and O–H groups in total. The summed E-state index contributed by atoms with van der Waals surface area (Å²) >= 11 is 0. The molecule has 0 unspecified atom stereocenters. The fraction of sp³-hybridized carbons (Fsp3) is 0.421. The first-order valence-corrected chi connectivity index (χ1v) is 8.29. The molecule has 2 aromatic rings. The second-order valence-electron chi connectivity index (χ2n) is 6.25. The van der Waals surface area contributed by atoms with Crippen molar-refractivity contribution < 1.29 is 0 Å². The molecule has 5 heteroatoms. The quantitative estimate of drug-likeness (QED) is 0.653. The molecule has 1 aromatic heterocycles. The molecule has 0 radical (unpaired) electrons. The van der Waals surface area contributed by atoms with Crippen LogP contribution in [0.1, 0.15) is 11.3 Å². The molecule has 0 aliphatic rings. The standard InChI is InChI=1S/C19H29N5/c1-20-19(24(5)15-18-7-6-14-23(18)4)21-13-12-16-8-10-17(11-9-16)22(2)3/h6-11,14H,12-13,15H2,1-5H3,(H,20,21). The van der Waals surface area contributed by atoms with Crippen molar-refractivity contribution in [2.24, 2.45) is 12.0 Å². The number of aryl methyl sites for hydroxylation is 1. The van der Waals surface area contributed by atoms with Crippen LogP contribution in [-0.2, 0) is 20.0 Å². The molecule has 0 bridgehead atoms. The first kappa shape index (κ1) is 17.9. The average molecular weight is 327 g/mol. The molecule has 0 saturated heterocycles. The van der Waals surface area contributed by atoms with Crippen molar-refractivity contribution in [1.82, 2.24) is 14.8 Å². The zero-order valence-electron chi connectivity index (χ0n) is 15.5. The Bertz CT molecular complexity index is 655. The summed E-state index contributed by atoms with van der Waals surface area (Å²) in [5.41, 5.74) is 3.82. The Balaban J connectivity index is 1.84. The Kier molecular flexibility index (Phi) is 6.29. The van der Waals surface area contributed by atoms with Crippen LogP contribution < -0.4 is 10.2 Å². The third-order valence-electron chi connectivity index (χ3n) is 4.17. The van der Waals surface area contributed by atoms with Crippen LogP contribution in [0.15, 0.2) is 47.6 Å². The van der Waals surface area contributed by atoms with Crippen LogP contribution in [0.3, 0.4) is 0 Å². The van der Waals surface area contributed by atoms with E-state index in [1.807, 2.05) is 7.05 Å². The van der Waals surface area contributed by atoms with Gasteiger partial charge < -0.3 is 19.7 Å². The van der Waals surface area contributed by atoms with E-state index in [9.17, 15) is 0 Å². The Labute approximate surface area is 145 Å². The van der Waals surface area contributed by atoms with Gasteiger partial charge in [0.2, 0.25) is 0 Å². The second-order valence-corrected chi connectivity index (χ2v) is 6.25. The zero-order valence-corrected chi connectivity index (χ0v) is 15.5. The Hall–Kier alpha value is -2.43. The maximum Gasteiger partial charge on any atom is 0.193 e. The second kappa shape index (κ2) is 8.43. The number of aromatic nitrogens is 1. The summed E-state index contributed by atoms with van der Waals surface area (Å²) in [4.78, 5) is 8.64. The van der Waals surface area contributed by atoms with Crippen LogP contribution >= 0.6 is 0 Å². The normalized spacial score (nSPS) is 11.5. The Morgan fingerprint density at radius 1 is 1.12 bits per heavy atom. The maximum absolute atomic E-state index is 4.38. The van der Waals surface area contributed by atoms with E-state index in [1.165, 1.54) is 16.9 Å². The summed E-state index contributed by atoms with van der Waals surface area (Å²) < 4.78 is 2.14. The van der Waals surface area contributed by atoms with E-state index in [-0.39, 0.29) is 0 Å². The molecule has 0 spiro atoms. The predicted octanol–water partition coefficient (Wildman–Crippen LogP) is 2.34. The number of nitrogens with one attached hydrogen (secondary N) is 1. The molecule has 2 rings (SSSR count). The summed E-state index contributed by atoms with van der Waals surface area (Å²) in [6, 6.07) is 12.9. The van der Waals surface area contributed by atoms with Gasteiger partial charge in [-0.05, 0) is 36.2 Å². The van der Waals surface area contributed by atoms with Crippen molar-refractivity contribution in [2.45, 2.75) is 13.0 Å². The molecule has 0 aliphatic carbocycles. The number of nitrogens with zero attached hydrogens (tertiary/aromatic N) is 4. The molecule has 130 valence electrons. The summed E-state index contributed by atoms with van der Waals surface area (Å²) in [5, 5.41) is 3.44. The fourth-order valence-electron chi connectivity index (χ4n) is 2.64. The van der Waals surface area contributed by atoms with Gasteiger partial charge in [-0.2, -0.15) is 0 Å². The van der Waals surface area contributed by atoms with Gasteiger partial charge in [0.15, 0.2) is 5.96 Å². The number of rotatable bonds is 6. The van der Waals surface area contributed by atoms with Crippen LogP contribution in [0.4, 0.5) is 5.69 Å². The fourth-order valence-corrected chi connectivity index (χ4v) is 2.64. The summed E-state index contributed by atoms with van der Waals surface area (Å²) in [5.74, 6) is 0.918. The highest BCUT2D eigenvalue weighted by Gasteiger charge is 2.08. The monoisotopic (exact) mass is 327 g/mol. The molecule has 0 atom stereocenters. The van der Waals surface area contributed by atoms with Gasteiger partial charge in [0.1, 0.15) is 0 Å². The molecule has 0 aliphatic heterocycles. The molecule has 1 heterocycles. The van der Waals surface area contributed by atoms with Gasteiger partial charge >= 0.3 is 0 Å². The molecular weight excluding hydrogens is 298 g/mol. The van der Waals surface area contributed by atoms with E-state index < -0.39 is 0 Å². The lowest BCUT2D eigenvalue weighted by atomic mass is 10.1. The van der Waals surface area contributed by atoms with Crippen molar-refractivity contribution in [3.63, 3.8) is 0 Å². The van der Waals surface area contributed by atoms with Crippen molar-refractivity contribution in [3.05, 3.63) is 53.9 Å². The first-order chi connectivity index (χ1) is 11.5. The van der Waals surface area contributed by atoms with Crippen molar-refractivity contribution in [2.75, 3.05) is 39.6 Å². The number of hydrogen-bond donors (Lipinski definition) is 1. The van der Waals surface area contributed by atoms with Crippen LogP contribution in [0.5, 0.6) is 0 Å². The van der Waals surface area contributed by atoms with E-state index in [0.717, 1.165) is 25.5 Å². The van der Waals surface area contributed by atoms with Crippen molar-refractivity contribution >= 4 is 11.6 Å². The van der Waals surface area contributed by atoms with E-state index in [1.54, 1.807) is 0 Å². The highest BCUT2D eigenvalue weighted by molar-refractivity contribution is 5.79. The smallest absolute Gasteiger partial charge is 0.193 e. The topological polar surface area (TPSA) is 35.8 Å². The number of guanidine groups is 1. The summed E-state index contributed by atoms with van der Waals surface area (Å²) in [6.45, 7) is 1.70. The SMILES string of the molecule is CN=C(NCCc1ccc(N(C)C)cc1)N(C)Cc1cccn1C. The maximum atomic E-state index is 4.38. The highest BCUT2D eigenvalue weighted by atomic mass is 15.3. The average Bonchev–Trinajstić information content (AvgIpc) is 2.97. The number of aliphatic imine (C=N–C) groups is 1. The molecule has 0 amide bonds. The highest BCUT2D eigenvalue weighted by Crippen LogP contribution is 2.12. The Morgan fingerprint density at radius 2 is 1.83 bits per heavy atom. The van der Waals surface area contributed by atoms with E-state index in [4.69, 9.17) is 0 Å². The minimum Gasteiger partial charge on any atom is -0.378 e. The number of hydrogen-bond acceptors (Lipinski definition) is 2. The first-order valence-electron chi connectivity index (χ1n) is 8.29. The summed E-state index contributed by atoms with van der Waals surface area (Å²) in [6.07, 6.45) is 3.04. The Morgan fingerprint density at radius 3 is 2.38 bits per heavy atom. The zero-order chi connectivity index (χ0) is 17.5. The summed E-state index contributed by atoms with van der Waals surface area (Å²) in [7, 11) is 10.1. The van der Waals surface area contributed by atoms with Gasteiger partial charge in [0.25, 0.3) is 0 Å². The van der Waals surface area contributed by atoms with Crippen LogP contribution in [0.25, 0.3) is 0 Å². The van der Waals surface area contributed by atoms with Gasteiger partial charge in [-0.1, -0.05) is 12.1 Å². The molecule has 1 aromatic carbocycles. The van der Waals surface area contributed by atoms with Crippen molar-refractivity contribution in [3.8, 4) is 0 Å². The third kappa shape index (κ3) is 4.78. The van der Waals surface area contributed by atoms with E-state index in [0.29, 0.717) is 0 Å². The van der Waals surface area contributed by atoms with Crippen molar-refractivity contribution in [1.29, 1.82) is 0 Å². The van der Waals surface area contributed by atoms with Gasteiger partial charge in [-0.15, -0.1) is 0 Å². The van der Waals surface area contributed by atoms with Gasteiger partial charge in [-0.25, -0.2) is 0 Å². The molecule has 0 fully saturated rings. The van der Waals surface area contributed by atoms with Crippen LogP contribution in [0, 0.1) is 0 Å². The lowest BCUT2D eigenvalue weighted by Gasteiger charge is -2.22. The van der Waals surface area contributed by atoms with Crippen LogP contribution in [0.2, 0.25) is 0 Å². The molecule has 5 nitrogen and oxygen atoms in total. The molecule has 24 heavy (non-hydrogen) atoms. The van der Waals surface area contributed by atoms with E-state index >= 15 is 0 Å². The van der Waals surface area contributed by atoms with Gasteiger partial charge in [-0.3, -0.25) is 4.99 Å². The lowest BCUT2D eigenvalue weighted by molar-refractivity contribution is 0.462. The molecular formula is C19H29N5. The van der Waals surface area contributed by atoms with E-state index in [2.05, 4.69) is 95.5 Å². The molecule has 0 saturated carbocycles. The minimum absolute atomic E-state index is 0.834. The van der Waals surface area contributed by atoms with Gasteiger partial charge in [0, 0.05) is 59.4 Å². The largest absolute Gasteiger partial charge is 0.378 e. The minimum atomic E-state index is 0.834.